The molecule has 0 radical (unpaired) electrons. The van der Waals surface area contributed by atoms with Crippen molar-refractivity contribution in [1.82, 2.24) is 4.90 Å². The predicted octanol–water partition coefficient (Wildman–Crippen LogP) is 4.36. The van der Waals surface area contributed by atoms with Crippen LogP contribution in [-0.2, 0) is 17.5 Å². The van der Waals surface area contributed by atoms with Gasteiger partial charge in [-0.25, -0.2) is 4.39 Å². The average molecular weight is 337 g/mol. The van der Waals surface area contributed by atoms with Gasteiger partial charge in [0.1, 0.15) is 5.82 Å². The van der Waals surface area contributed by atoms with E-state index in [2.05, 4.69) is 0 Å². The van der Waals surface area contributed by atoms with Crippen molar-refractivity contribution in [2.75, 3.05) is 6.54 Å². The molecule has 3 rings (SSSR count). The first-order valence-corrected chi connectivity index (χ1v) is 7.53. The Kier molecular flexibility index (Phi) is 4.30. The zero-order chi connectivity index (χ0) is 17.3. The van der Waals surface area contributed by atoms with Gasteiger partial charge in [-0.05, 0) is 17.7 Å². The number of amides is 1. The van der Waals surface area contributed by atoms with Crippen LogP contribution in [0.25, 0.3) is 0 Å². The van der Waals surface area contributed by atoms with Crippen molar-refractivity contribution in [1.29, 1.82) is 0 Å². The molecule has 1 saturated heterocycles. The molecule has 2 aromatic carbocycles. The number of hydrogen-bond acceptors (Lipinski definition) is 1. The normalized spacial score (nSPS) is 18.2. The third-order valence-electron chi connectivity index (χ3n) is 4.23. The third-order valence-corrected chi connectivity index (χ3v) is 4.23. The van der Waals surface area contributed by atoms with Crippen molar-refractivity contribution in [2.24, 2.45) is 0 Å². The Labute approximate surface area is 136 Å². The number of halogens is 4. The SMILES string of the molecule is O=C1C[C@@H](c2ccccc2)CN1Cc1ccc(C(F)(F)F)cc1F. The maximum atomic E-state index is 13.9. The number of carbonyl (C=O) groups excluding carboxylic acids is 1. The number of rotatable bonds is 3. The standard InChI is InChI=1S/C18H15F4NO/c19-16-9-15(18(20,21)22)7-6-13(16)10-23-11-14(8-17(23)24)12-4-2-1-3-5-12/h1-7,9,14H,8,10-11H2/t14-/m1/s1. The van der Waals surface area contributed by atoms with E-state index in [1.807, 2.05) is 30.3 Å². The van der Waals surface area contributed by atoms with Crippen molar-refractivity contribution < 1.29 is 22.4 Å². The number of nitrogens with zero attached hydrogens (tertiary/aromatic N) is 1. The predicted molar refractivity (Wildman–Crippen MR) is 80.6 cm³/mol. The summed E-state index contributed by atoms with van der Waals surface area (Å²) in [5, 5.41) is 0. The largest absolute Gasteiger partial charge is 0.416 e. The van der Waals surface area contributed by atoms with Gasteiger partial charge in [0.05, 0.1) is 5.56 Å². The molecule has 1 heterocycles. The molecule has 0 N–H and O–H groups in total. The Bertz CT molecular complexity index is 742. The summed E-state index contributed by atoms with van der Waals surface area (Å²) in [4.78, 5) is 13.6. The van der Waals surface area contributed by atoms with E-state index in [-0.39, 0.29) is 23.9 Å². The van der Waals surface area contributed by atoms with Crippen molar-refractivity contribution in [3.63, 3.8) is 0 Å². The molecule has 1 aliphatic rings. The van der Waals surface area contributed by atoms with Crippen LogP contribution in [0.2, 0.25) is 0 Å². The van der Waals surface area contributed by atoms with Gasteiger partial charge < -0.3 is 4.90 Å². The number of carbonyl (C=O) groups is 1. The van der Waals surface area contributed by atoms with E-state index in [0.717, 1.165) is 17.7 Å². The number of likely N-dealkylation sites (tertiary alicyclic amines) is 1. The third kappa shape index (κ3) is 3.42. The maximum Gasteiger partial charge on any atom is 0.416 e. The second kappa shape index (κ2) is 6.26. The molecule has 1 aliphatic heterocycles. The quantitative estimate of drug-likeness (QED) is 0.762. The first kappa shape index (κ1) is 16.5. The first-order valence-electron chi connectivity index (χ1n) is 7.53. The van der Waals surface area contributed by atoms with Gasteiger partial charge in [-0.15, -0.1) is 0 Å². The molecule has 126 valence electrons. The smallest absolute Gasteiger partial charge is 0.338 e. The molecule has 1 amide bonds. The van der Waals surface area contributed by atoms with E-state index in [1.165, 1.54) is 4.90 Å². The van der Waals surface area contributed by atoms with Gasteiger partial charge in [0.25, 0.3) is 0 Å². The van der Waals surface area contributed by atoms with E-state index in [9.17, 15) is 22.4 Å². The van der Waals surface area contributed by atoms with E-state index in [4.69, 9.17) is 0 Å². The van der Waals surface area contributed by atoms with E-state index < -0.39 is 17.6 Å². The fourth-order valence-electron chi connectivity index (χ4n) is 2.93. The molecular formula is C18H15F4NO. The molecule has 1 fully saturated rings. The number of alkyl halides is 3. The van der Waals surface area contributed by atoms with Crippen LogP contribution in [0.4, 0.5) is 17.6 Å². The molecule has 1 atom stereocenters. The molecule has 0 aliphatic carbocycles. The Morgan fingerprint density at radius 2 is 1.79 bits per heavy atom. The van der Waals surface area contributed by atoms with Crippen LogP contribution in [0.15, 0.2) is 48.5 Å². The highest BCUT2D eigenvalue weighted by atomic mass is 19.4. The van der Waals surface area contributed by atoms with Crippen molar-refractivity contribution >= 4 is 5.91 Å². The minimum Gasteiger partial charge on any atom is -0.338 e. The van der Waals surface area contributed by atoms with Crippen LogP contribution in [0.1, 0.15) is 29.0 Å². The zero-order valence-corrected chi connectivity index (χ0v) is 12.7. The summed E-state index contributed by atoms with van der Waals surface area (Å²) in [5.41, 5.74) is 0.0879. The summed E-state index contributed by atoms with van der Waals surface area (Å²) in [6.07, 6.45) is -4.26. The van der Waals surface area contributed by atoms with Crippen molar-refractivity contribution in [3.05, 3.63) is 71.0 Å². The topological polar surface area (TPSA) is 20.3 Å². The highest BCUT2D eigenvalue weighted by molar-refractivity contribution is 5.79. The number of hydrogen-bond donors (Lipinski definition) is 0. The summed E-state index contributed by atoms with van der Waals surface area (Å²) < 4.78 is 51.7. The van der Waals surface area contributed by atoms with Crippen LogP contribution in [0, 0.1) is 5.82 Å². The van der Waals surface area contributed by atoms with Crippen LogP contribution < -0.4 is 0 Å². The molecule has 2 aromatic rings. The summed E-state index contributed by atoms with van der Waals surface area (Å²) >= 11 is 0. The van der Waals surface area contributed by atoms with Gasteiger partial charge >= 0.3 is 6.18 Å². The second-order valence-electron chi connectivity index (χ2n) is 5.89. The Balaban J connectivity index is 1.74. The summed E-state index contributed by atoms with van der Waals surface area (Å²) in [5.74, 6) is -1.04. The molecule has 24 heavy (non-hydrogen) atoms. The zero-order valence-electron chi connectivity index (χ0n) is 12.7. The fraction of sp³-hybridized carbons (Fsp3) is 0.278. The lowest BCUT2D eigenvalue weighted by molar-refractivity contribution is -0.137. The first-order chi connectivity index (χ1) is 11.3. The van der Waals surface area contributed by atoms with Crippen LogP contribution in [0.5, 0.6) is 0 Å². The Hall–Kier alpha value is -2.37. The van der Waals surface area contributed by atoms with Crippen molar-refractivity contribution in [2.45, 2.75) is 25.1 Å². The lowest BCUT2D eigenvalue weighted by Gasteiger charge is -2.18. The highest BCUT2D eigenvalue weighted by Crippen LogP contribution is 2.32. The fourth-order valence-corrected chi connectivity index (χ4v) is 2.93. The lowest BCUT2D eigenvalue weighted by atomic mass is 9.98. The van der Waals surface area contributed by atoms with E-state index >= 15 is 0 Å². The highest BCUT2D eigenvalue weighted by Gasteiger charge is 2.33. The van der Waals surface area contributed by atoms with Crippen LogP contribution in [-0.4, -0.2) is 17.4 Å². The van der Waals surface area contributed by atoms with Crippen LogP contribution >= 0.6 is 0 Å². The average Bonchev–Trinajstić information content (AvgIpc) is 2.90. The van der Waals surface area contributed by atoms with Gasteiger partial charge in [-0.3, -0.25) is 4.79 Å². The van der Waals surface area contributed by atoms with Gasteiger partial charge in [-0.2, -0.15) is 13.2 Å². The monoisotopic (exact) mass is 337 g/mol. The van der Waals surface area contributed by atoms with Crippen LogP contribution in [0.3, 0.4) is 0 Å². The Morgan fingerprint density at radius 1 is 1.08 bits per heavy atom. The summed E-state index contributed by atoms with van der Waals surface area (Å²) in [6.45, 7) is 0.412. The molecule has 0 spiro atoms. The molecule has 6 heteroatoms. The Morgan fingerprint density at radius 3 is 2.42 bits per heavy atom. The number of benzene rings is 2. The maximum absolute atomic E-state index is 13.9. The molecule has 0 saturated carbocycles. The summed E-state index contributed by atoms with van der Waals surface area (Å²) in [7, 11) is 0. The van der Waals surface area contributed by atoms with E-state index in [1.54, 1.807) is 0 Å². The van der Waals surface area contributed by atoms with E-state index in [0.29, 0.717) is 19.0 Å². The molecular weight excluding hydrogens is 322 g/mol. The lowest BCUT2D eigenvalue weighted by Crippen LogP contribution is -2.25. The van der Waals surface area contributed by atoms with Gasteiger partial charge in [0.2, 0.25) is 5.91 Å². The molecule has 0 aromatic heterocycles. The minimum atomic E-state index is -4.58. The second-order valence-corrected chi connectivity index (χ2v) is 5.89. The van der Waals surface area contributed by atoms with Gasteiger partial charge in [0, 0.05) is 31.0 Å². The van der Waals surface area contributed by atoms with Crippen molar-refractivity contribution in [3.8, 4) is 0 Å². The molecule has 0 bridgehead atoms. The summed E-state index contributed by atoms with van der Waals surface area (Å²) in [6, 6.07) is 11.9. The van der Waals surface area contributed by atoms with Gasteiger partial charge in [-0.1, -0.05) is 36.4 Å². The molecule has 0 unspecified atom stereocenters. The van der Waals surface area contributed by atoms with Gasteiger partial charge in [0.15, 0.2) is 0 Å². The minimum absolute atomic E-state index is 0.0217. The molecule has 2 nitrogen and oxygen atoms in total.